The number of likely N-dealkylation sites (tertiary alicyclic amines) is 1. The summed E-state index contributed by atoms with van der Waals surface area (Å²) in [4.78, 5) is 17.5. The van der Waals surface area contributed by atoms with Crippen molar-refractivity contribution in [1.29, 1.82) is 0 Å². The minimum absolute atomic E-state index is 0.0677. The second-order valence-corrected chi connectivity index (χ2v) is 6.17. The first-order chi connectivity index (χ1) is 11.2. The summed E-state index contributed by atoms with van der Waals surface area (Å²) >= 11 is 0. The van der Waals surface area contributed by atoms with E-state index in [1.807, 2.05) is 18.2 Å². The van der Waals surface area contributed by atoms with E-state index in [-0.39, 0.29) is 6.03 Å². The van der Waals surface area contributed by atoms with Gasteiger partial charge < -0.3 is 24.7 Å². The van der Waals surface area contributed by atoms with Gasteiger partial charge in [-0.05, 0) is 23.9 Å². The maximum absolute atomic E-state index is 12.4. The second kappa shape index (κ2) is 5.86. The molecule has 1 aromatic heterocycles. The van der Waals surface area contributed by atoms with Crippen LogP contribution in [0.5, 0.6) is 0 Å². The predicted octanol–water partition coefficient (Wildman–Crippen LogP) is 2.22. The molecule has 3 heterocycles. The number of benzene rings is 1. The van der Waals surface area contributed by atoms with Crippen LogP contribution < -0.4 is 5.32 Å². The molecule has 2 aliphatic heterocycles. The summed E-state index contributed by atoms with van der Waals surface area (Å²) in [7, 11) is 0. The Kier molecular flexibility index (Phi) is 3.71. The molecule has 2 aromatic rings. The van der Waals surface area contributed by atoms with Crippen molar-refractivity contribution in [2.45, 2.75) is 25.2 Å². The highest BCUT2D eigenvalue weighted by Crippen LogP contribution is 2.30. The van der Waals surface area contributed by atoms with Gasteiger partial charge in [0.1, 0.15) is 0 Å². The molecule has 6 nitrogen and oxygen atoms in total. The monoisotopic (exact) mass is 315 g/mol. The van der Waals surface area contributed by atoms with Crippen molar-refractivity contribution >= 4 is 16.9 Å². The number of hydrogen-bond donors (Lipinski definition) is 2. The molecular formula is C17H21N3O3. The SMILES string of the molecule is O=C(NCc1cc2ccccc2[nH]1)N1CCCC2(C1)OCCO2. The molecular weight excluding hydrogens is 294 g/mol. The summed E-state index contributed by atoms with van der Waals surface area (Å²) in [5, 5.41) is 4.13. The Bertz CT molecular complexity index is 673. The largest absolute Gasteiger partial charge is 0.357 e. The van der Waals surface area contributed by atoms with E-state index in [9.17, 15) is 4.79 Å². The molecule has 6 heteroatoms. The minimum atomic E-state index is -0.573. The normalized spacial score (nSPS) is 20.3. The van der Waals surface area contributed by atoms with Crippen molar-refractivity contribution in [3.05, 3.63) is 36.0 Å². The molecule has 0 unspecified atom stereocenters. The van der Waals surface area contributed by atoms with Crippen molar-refractivity contribution in [2.75, 3.05) is 26.3 Å². The average Bonchev–Trinajstić information content (AvgIpc) is 3.19. The van der Waals surface area contributed by atoms with Crippen molar-refractivity contribution in [3.63, 3.8) is 0 Å². The number of carbonyl (C=O) groups excluding carboxylic acids is 1. The second-order valence-electron chi connectivity index (χ2n) is 6.17. The smallest absolute Gasteiger partial charge is 0.317 e. The van der Waals surface area contributed by atoms with Crippen molar-refractivity contribution in [1.82, 2.24) is 15.2 Å². The van der Waals surface area contributed by atoms with Crippen molar-refractivity contribution in [2.24, 2.45) is 0 Å². The molecule has 23 heavy (non-hydrogen) atoms. The molecule has 4 rings (SSSR count). The molecule has 0 atom stereocenters. The fraction of sp³-hybridized carbons (Fsp3) is 0.471. The molecule has 0 bridgehead atoms. The fourth-order valence-corrected chi connectivity index (χ4v) is 3.41. The van der Waals surface area contributed by atoms with E-state index in [1.54, 1.807) is 4.90 Å². The highest BCUT2D eigenvalue weighted by atomic mass is 16.7. The maximum Gasteiger partial charge on any atom is 0.317 e. The van der Waals surface area contributed by atoms with Gasteiger partial charge in [-0.3, -0.25) is 0 Å². The van der Waals surface area contributed by atoms with Gasteiger partial charge >= 0.3 is 6.03 Å². The molecule has 2 N–H and O–H groups in total. The zero-order chi connectivity index (χ0) is 15.7. The standard InChI is InChI=1S/C17H21N3O3/c21-16(20-7-3-6-17(12-20)22-8-9-23-17)18-11-14-10-13-4-1-2-5-15(13)19-14/h1-2,4-5,10,19H,3,6-9,11-12H2,(H,18,21). The van der Waals surface area contributed by atoms with Gasteiger partial charge in [0.25, 0.3) is 0 Å². The quantitative estimate of drug-likeness (QED) is 0.893. The number of urea groups is 1. The number of carbonyl (C=O) groups is 1. The third-order valence-corrected chi connectivity index (χ3v) is 4.53. The van der Waals surface area contributed by atoms with Crippen LogP contribution in [-0.2, 0) is 16.0 Å². The van der Waals surface area contributed by atoms with Gasteiger partial charge in [0.05, 0.1) is 26.3 Å². The van der Waals surface area contributed by atoms with E-state index in [0.29, 0.717) is 26.3 Å². The van der Waals surface area contributed by atoms with E-state index in [4.69, 9.17) is 9.47 Å². The Morgan fingerprint density at radius 1 is 1.30 bits per heavy atom. The summed E-state index contributed by atoms with van der Waals surface area (Å²) in [6.07, 6.45) is 1.76. The van der Waals surface area contributed by atoms with Crippen LogP contribution in [0.15, 0.2) is 30.3 Å². The summed E-state index contributed by atoms with van der Waals surface area (Å²) in [5.41, 5.74) is 2.08. The summed E-state index contributed by atoms with van der Waals surface area (Å²) in [6.45, 7) is 2.96. The van der Waals surface area contributed by atoms with E-state index in [0.717, 1.165) is 36.0 Å². The lowest BCUT2D eigenvalue weighted by Crippen LogP contribution is -2.53. The molecule has 2 saturated heterocycles. The Hall–Kier alpha value is -2.05. The average molecular weight is 315 g/mol. The van der Waals surface area contributed by atoms with Gasteiger partial charge in [0, 0.05) is 24.2 Å². The first kappa shape index (κ1) is 14.5. The van der Waals surface area contributed by atoms with Crippen LogP contribution in [-0.4, -0.2) is 48.0 Å². The number of piperidine rings is 1. The Balaban J connectivity index is 1.37. The number of nitrogens with one attached hydrogen (secondary N) is 2. The van der Waals surface area contributed by atoms with E-state index >= 15 is 0 Å². The van der Waals surface area contributed by atoms with Crippen molar-refractivity contribution < 1.29 is 14.3 Å². The number of aromatic amines is 1. The van der Waals surface area contributed by atoms with Gasteiger partial charge in [-0.2, -0.15) is 0 Å². The Morgan fingerprint density at radius 2 is 2.13 bits per heavy atom. The lowest BCUT2D eigenvalue weighted by atomic mass is 10.1. The number of amides is 2. The third-order valence-electron chi connectivity index (χ3n) is 4.53. The lowest BCUT2D eigenvalue weighted by Gasteiger charge is -2.38. The van der Waals surface area contributed by atoms with Crippen LogP contribution in [0, 0.1) is 0 Å². The van der Waals surface area contributed by atoms with Gasteiger partial charge in [0.2, 0.25) is 0 Å². The lowest BCUT2D eigenvalue weighted by molar-refractivity contribution is -0.182. The number of para-hydroxylation sites is 1. The van der Waals surface area contributed by atoms with E-state index in [2.05, 4.69) is 22.4 Å². The first-order valence-electron chi connectivity index (χ1n) is 8.11. The van der Waals surface area contributed by atoms with Crippen LogP contribution in [0.4, 0.5) is 4.79 Å². The molecule has 2 amide bonds. The first-order valence-corrected chi connectivity index (χ1v) is 8.11. The van der Waals surface area contributed by atoms with Gasteiger partial charge in [-0.15, -0.1) is 0 Å². The number of nitrogens with zero attached hydrogens (tertiary/aromatic N) is 1. The van der Waals surface area contributed by atoms with Crippen LogP contribution in [0.2, 0.25) is 0 Å². The third kappa shape index (κ3) is 2.92. The minimum Gasteiger partial charge on any atom is -0.357 e. The van der Waals surface area contributed by atoms with Crippen molar-refractivity contribution in [3.8, 4) is 0 Å². The highest BCUT2D eigenvalue weighted by molar-refractivity contribution is 5.80. The number of aromatic nitrogens is 1. The number of H-pyrrole nitrogens is 1. The molecule has 0 saturated carbocycles. The van der Waals surface area contributed by atoms with Crippen LogP contribution in [0.3, 0.4) is 0 Å². The number of rotatable bonds is 2. The molecule has 1 spiro atoms. The zero-order valence-corrected chi connectivity index (χ0v) is 13.0. The van der Waals surface area contributed by atoms with Crippen LogP contribution in [0.25, 0.3) is 10.9 Å². The number of ether oxygens (including phenoxy) is 2. The summed E-state index contributed by atoms with van der Waals surface area (Å²) < 4.78 is 11.4. The van der Waals surface area contributed by atoms with Gasteiger partial charge in [-0.1, -0.05) is 18.2 Å². The van der Waals surface area contributed by atoms with Crippen LogP contribution in [0.1, 0.15) is 18.5 Å². The molecule has 0 radical (unpaired) electrons. The number of fused-ring (bicyclic) bond motifs is 1. The fourth-order valence-electron chi connectivity index (χ4n) is 3.41. The summed E-state index contributed by atoms with van der Waals surface area (Å²) in [5.74, 6) is -0.573. The predicted molar refractivity (Wildman–Crippen MR) is 86.0 cm³/mol. The molecule has 122 valence electrons. The molecule has 2 fully saturated rings. The summed E-state index contributed by atoms with van der Waals surface area (Å²) in [6, 6.07) is 10.1. The highest BCUT2D eigenvalue weighted by Gasteiger charge is 2.42. The topological polar surface area (TPSA) is 66.6 Å². The molecule has 0 aliphatic carbocycles. The molecule has 1 aromatic carbocycles. The van der Waals surface area contributed by atoms with Gasteiger partial charge in [0.15, 0.2) is 5.79 Å². The van der Waals surface area contributed by atoms with Crippen LogP contribution >= 0.6 is 0 Å². The Morgan fingerprint density at radius 3 is 2.96 bits per heavy atom. The van der Waals surface area contributed by atoms with E-state index in [1.165, 1.54) is 0 Å². The van der Waals surface area contributed by atoms with E-state index < -0.39 is 5.79 Å². The zero-order valence-electron chi connectivity index (χ0n) is 13.0. The Labute approximate surface area is 134 Å². The van der Waals surface area contributed by atoms with Gasteiger partial charge in [-0.25, -0.2) is 4.79 Å². The number of hydrogen-bond acceptors (Lipinski definition) is 3. The maximum atomic E-state index is 12.4. The molecule has 2 aliphatic rings.